The molecule has 2 N–H and O–H groups in total. The van der Waals surface area contributed by atoms with Crippen molar-refractivity contribution in [1.82, 2.24) is 19.5 Å². The number of hydrogen-bond acceptors (Lipinski definition) is 7. The zero-order valence-electron chi connectivity index (χ0n) is 20.5. The third kappa shape index (κ3) is 4.48. The van der Waals surface area contributed by atoms with Crippen LogP contribution in [0.2, 0.25) is 0 Å². The average Bonchev–Trinajstić information content (AvgIpc) is 3.39. The van der Waals surface area contributed by atoms with E-state index in [1.165, 1.54) is 10.7 Å². The molecule has 0 spiro atoms. The normalized spacial score (nSPS) is 20.6. The molecule has 11 heteroatoms. The predicted molar refractivity (Wildman–Crippen MR) is 131 cm³/mol. The van der Waals surface area contributed by atoms with E-state index in [1.807, 2.05) is 19.1 Å². The van der Waals surface area contributed by atoms with E-state index in [0.717, 1.165) is 11.3 Å². The number of carbonyl (C=O) groups is 1. The highest BCUT2D eigenvalue weighted by Crippen LogP contribution is 2.45. The lowest BCUT2D eigenvalue weighted by atomic mass is 9.84. The molecule has 4 heterocycles. The smallest absolute Gasteiger partial charge is 0.261 e. The highest BCUT2D eigenvalue weighted by atomic mass is 19.3. The van der Waals surface area contributed by atoms with E-state index in [9.17, 15) is 18.7 Å². The largest absolute Gasteiger partial charge is 0.484 e. The first-order valence-corrected chi connectivity index (χ1v) is 12.0. The maximum Gasteiger partial charge on any atom is 0.261 e. The van der Waals surface area contributed by atoms with Gasteiger partial charge in [-0.1, -0.05) is 0 Å². The molecule has 1 fully saturated rings. The van der Waals surface area contributed by atoms with Gasteiger partial charge in [-0.3, -0.25) is 9.69 Å². The number of fused-ring (bicyclic) bond motifs is 2. The Morgan fingerprint density at radius 3 is 2.72 bits per heavy atom. The molecule has 5 rings (SSSR count). The Morgan fingerprint density at radius 1 is 1.28 bits per heavy atom. The molecule has 9 nitrogen and oxygen atoms in total. The molecule has 0 radical (unpaired) electrons. The first-order valence-electron chi connectivity index (χ1n) is 12.0. The zero-order valence-corrected chi connectivity index (χ0v) is 20.5. The van der Waals surface area contributed by atoms with Gasteiger partial charge in [0.25, 0.3) is 12.3 Å². The summed E-state index contributed by atoms with van der Waals surface area (Å²) < 4.78 is 33.5. The van der Waals surface area contributed by atoms with Crippen molar-refractivity contribution < 1.29 is 23.4 Å². The van der Waals surface area contributed by atoms with E-state index >= 15 is 0 Å². The Labute approximate surface area is 207 Å². The molecule has 0 aliphatic carbocycles. The Balaban J connectivity index is 1.47. The molecule has 0 saturated carbocycles. The number of hydrogen-bond donors (Lipinski definition) is 2. The molecule has 0 unspecified atom stereocenters. The van der Waals surface area contributed by atoms with Gasteiger partial charge in [-0.25, -0.2) is 18.3 Å². The van der Waals surface area contributed by atoms with Crippen molar-refractivity contribution in [3.05, 3.63) is 47.9 Å². The molecule has 36 heavy (non-hydrogen) atoms. The van der Waals surface area contributed by atoms with Crippen molar-refractivity contribution >= 4 is 22.9 Å². The minimum Gasteiger partial charge on any atom is -0.484 e. The van der Waals surface area contributed by atoms with Gasteiger partial charge in [0.1, 0.15) is 16.9 Å². The van der Waals surface area contributed by atoms with Crippen LogP contribution in [0.3, 0.4) is 0 Å². The van der Waals surface area contributed by atoms with Crippen molar-refractivity contribution in [1.29, 1.82) is 0 Å². The van der Waals surface area contributed by atoms with Crippen molar-refractivity contribution in [3.63, 3.8) is 0 Å². The first kappa shape index (κ1) is 24.4. The first-order chi connectivity index (χ1) is 17.0. The molecule has 2 aliphatic heterocycles. The Morgan fingerprint density at radius 2 is 2.03 bits per heavy atom. The molecule has 2 aromatic heterocycles. The molecule has 192 valence electrons. The number of halogens is 2. The number of piperazine rings is 1. The van der Waals surface area contributed by atoms with E-state index in [0.29, 0.717) is 55.2 Å². The van der Waals surface area contributed by atoms with Crippen molar-refractivity contribution in [2.45, 2.75) is 44.8 Å². The maximum atomic E-state index is 13.3. The SMILES string of the molecule is CC(C)(O)[C@@]1(C)Cc2cc(NC(=O)c3cnn4cccnc34)c(N3CCN(CC(F)F)CC3)cc2O1. The molecular formula is C25H30F2N6O3. The quantitative estimate of drug-likeness (QED) is 0.538. The van der Waals surface area contributed by atoms with E-state index in [1.54, 1.807) is 37.2 Å². The van der Waals surface area contributed by atoms with Crippen LogP contribution in [-0.2, 0) is 6.42 Å². The number of rotatable bonds is 6. The van der Waals surface area contributed by atoms with Gasteiger partial charge in [0, 0.05) is 56.6 Å². The van der Waals surface area contributed by atoms with Crippen LogP contribution in [0.4, 0.5) is 20.2 Å². The van der Waals surface area contributed by atoms with Gasteiger partial charge in [-0.2, -0.15) is 5.10 Å². The Hall–Kier alpha value is -3.31. The number of amides is 1. The van der Waals surface area contributed by atoms with E-state index in [2.05, 4.69) is 20.3 Å². The second-order valence-corrected chi connectivity index (χ2v) is 10.1. The lowest BCUT2D eigenvalue weighted by Gasteiger charge is -2.37. The van der Waals surface area contributed by atoms with Crippen molar-refractivity contribution in [2.75, 3.05) is 42.9 Å². The number of nitrogens with one attached hydrogen (secondary N) is 1. The second-order valence-electron chi connectivity index (χ2n) is 10.1. The lowest BCUT2D eigenvalue weighted by molar-refractivity contribution is -0.0900. The molecule has 1 amide bonds. The van der Waals surface area contributed by atoms with E-state index in [-0.39, 0.29) is 12.5 Å². The van der Waals surface area contributed by atoms with E-state index < -0.39 is 17.6 Å². The van der Waals surface area contributed by atoms with Crippen LogP contribution < -0.4 is 15.0 Å². The van der Waals surface area contributed by atoms with Crippen LogP contribution in [0.1, 0.15) is 36.7 Å². The summed E-state index contributed by atoms with van der Waals surface area (Å²) in [6.45, 7) is 7.04. The number of aliphatic hydroxyl groups is 1. The van der Waals surface area contributed by atoms with Gasteiger partial charge >= 0.3 is 0 Å². The molecule has 1 saturated heterocycles. The second kappa shape index (κ2) is 8.97. The summed E-state index contributed by atoms with van der Waals surface area (Å²) in [6, 6.07) is 5.48. The third-order valence-electron chi connectivity index (χ3n) is 7.22. The fraction of sp³-hybridized carbons (Fsp3) is 0.480. The highest BCUT2D eigenvalue weighted by Gasteiger charge is 2.47. The number of benzene rings is 1. The van der Waals surface area contributed by atoms with Crippen molar-refractivity contribution in [3.8, 4) is 5.75 Å². The number of anilines is 2. The van der Waals surface area contributed by atoms with Crippen LogP contribution in [0.5, 0.6) is 5.75 Å². The zero-order chi connectivity index (χ0) is 25.7. The summed E-state index contributed by atoms with van der Waals surface area (Å²) in [6.07, 6.45) is 2.88. The van der Waals surface area contributed by atoms with Gasteiger partial charge < -0.3 is 20.1 Å². The fourth-order valence-corrected chi connectivity index (χ4v) is 4.74. The third-order valence-corrected chi connectivity index (χ3v) is 7.22. The predicted octanol–water partition coefficient (Wildman–Crippen LogP) is 2.83. The molecule has 0 bridgehead atoms. The van der Waals surface area contributed by atoms with Crippen LogP contribution in [0, 0.1) is 0 Å². The van der Waals surface area contributed by atoms with Crippen LogP contribution >= 0.6 is 0 Å². The molecule has 3 aromatic rings. The summed E-state index contributed by atoms with van der Waals surface area (Å²) in [5, 5.41) is 17.9. The summed E-state index contributed by atoms with van der Waals surface area (Å²) in [5.74, 6) is 0.283. The monoisotopic (exact) mass is 500 g/mol. The Kier molecular flexibility index (Phi) is 6.08. The number of nitrogens with zero attached hydrogens (tertiary/aromatic N) is 5. The molecule has 1 aromatic carbocycles. The average molecular weight is 501 g/mol. The topological polar surface area (TPSA) is 95.2 Å². The molecule has 1 atom stereocenters. The highest BCUT2D eigenvalue weighted by molar-refractivity contribution is 6.09. The fourth-order valence-electron chi connectivity index (χ4n) is 4.74. The molecule has 2 aliphatic rings. The van der Waals surface area contributed by atoms with Gasteiger partial charge in [0.2, 0.25) is 0 Å². The van der Waals surface area contributed by atoms with Crippen molar-refractivity contribution in [2.24, 2.45) is 0 Å². The van der Waals surface area contributed by atoms with Gasteiger partial charge in [-0.15, -0.1) is 0 Å². The summed E-state index contributed by atoms with van der Waals surface area (Å²) in [7, 11) is 0. The summed E-state index contributed by atoms with van der Waals surface area (Å²) in [4.78, 5) is 21.4. The minimum absolute atomic E-state index is 0.254. The van der Waals surface area contributed by atoms with Gasteiger partial charge in [-0.05, 0) is 32.9 Å². The van der Waals surface area contributed by atoms with Crippen LogP contribution in [0.15, 0.2) is 36.8 Å². The van der Waals surface area contributed by atoms with E-state index in [4.69, 9.17) is 4.74 Å². The standard InChI is InChI=1S/C25H30F2N6O3/c1-24(2,35)25(3)13-16-11-18(30-23(34)17-14-29-33-6-4-5-28-22(17)33)19(12-20(16)36-25)32-9-7-31(8-10-32)15-21(26)27/h4-6,11-12,14,21,35H,7-10,13,15H2,1-3H3,(H,30,34)/t25-/m1/s1. The number of carbonyl (C=O) groups excluding carboxylic acids is 1. The maximum absolute atomic E-state index is 13.3. The minimum atomic E-state index is -2.38. The van der Waals surface area contributed by atoms with Crippen LogP contribution in [-0.4, -0.2) is 80.9 Å². The van der Waals surface area contributed by atoms with Gasteiger partial charge in [0.05, 0.1) is 29.7 Å². The van der Waals surface area contributed by atoms with Gasteiger partial charge in [0.15, 0.2) is 5.65 Å². The number of alkyl halides is 2. The number of ether oxygens (including phenoxy) is 1. The Bertz CT molecular complexity index is 1280. The molecular weight excluding hydrogens is 470 g/mol. The number of aromatic nitrogens is 3. The van der Waals surface area contributed by atoms with Crippen LogP contribution in [0.25, 0.3) is 5.65 Å². The summed E-state index contributed by atoms with van der Waals surface area (Å²) >= 11 is 0. The summed E-state index contributed by atoms with van der Waals surface area (Å²) in [5.41, 5.74) is 1.03. The lowest BCUT2D eigenvalue weighted by Crippen LogP contribution is -2.51.